The molecule has 0 atom stereocenters. The standard InChI is InChI=1S/C24H33N5O9/c30-20(29(18-24(37)38)19-4-2-1-3-5-19)14-25-6-8-26(15-21(31)32)10-12-28(17-23(35)36)13-11-27(9-7-25)16-22(33)34/h1-6,8H,7,9-18H2,(H,31,32)(H,33,34)(H,35,36)(H,37,38)/b8-6-. The summed E-state index contributed by atoms with van der Waals surface area (Å²) in [6.07, 6.45) is 2.99. The van der Waals surface area contributed by atoms with E-state index in [1.807, 2.05) is 0 Å². The lowest BCUT2D eigenvalue weighted by atomic mass is 10.2. The molecular weight excluding hydrogens is 502 g/mol. The predicted molar refractivity (Wildman–Crippen MR) is 135 cm³/mol. The van der Waals surface area contributed by atoms with E-state index >= 15 is 0 Å². The monoisotopic (exact) mass is 535 g/mol. The van der Waals surface area contributed by atoms with Crippen molar-refractivity contribution in [2.75, 3.05) is 76.9 Å². The molecule has 0 aliphatic carbocycles. The van der Waals surface area contributed by atoms with Crippen molar-refractivity contribution in [3.05, 3.63) is 42.7 Å². The highest BCUT2D eigenvalue weighted by Gasteiger charge is 2.22. The number of hydrogen-bond donors (Lipinski definition) is 4. The third-order valence-electron chi connectivity index (χ3n) is 5.68. The maximum Gasteiger partial charge on any atom is 0.323 e. The number of carbonyl (C=O) groups excluding carboxylic acids is 1. The van der Waals surface area contributed by atoms with Crippen molar-refractivity contribution < 1.29 is 44.4 Å². The number of para-hydroxylation sites is 1. The number of hydrogen-bond acceptors (Lipinski definition) is 9. The number of carbonyl (C=O) groups is 5. The number of benzene rings is 1. The third-order valence-corrected chi connectivity index (χ3v) is 5.68. The minimum atomic E-state index is -1.20. The molecule has 208 valence electrons. The quantitative estimate of drug-likeness (QED) is 0.272. The van der Waals surface area contributed by atoms with Crippen molar-refractivity contribution in [2.45, 2.75) is 0 Å². The van der Waals surface area contributed by atoms with Gasteiger partial charge < -0.3 is 30.2 Å². The van der Waals surface area contributed by atoms with E-state index in [0.29, 0.717) is 5.69 Å². The zero-order valence-electron chi connectivity index (χ0n) is 20.9. The lowest BCUT2D eigenvalue weighted by Gasteiger charge is -2.32. The predicted octanol–water partition coefficient (Wildman–Crippen LogP) is -0.949. The van der Waals surface area contributed by atoms with Crippen LogP contribution in [0.4, 0.5) is 5.69 Å². The molecule has 0 bridgehead atoms. The summed E-state index contributed by atoms with van der Waals surface area (Å²) in [6, 6.07) is 8.31. The van der Waals surface area contributed by atoms with E-state index in [1.165, 1.54) is 17.3 Å². The van der Waals surface area contributed by atoms with Crippen molar-refractivity contribution in [3.8, 4) is 0 Å². The minimum Gasteiger partial charge on any atom is -0.480 e. The molecule has 0 spiro atoms. The van der Waals surface area contributed by atoms with Gasteiger partial charge in [0.2, 0.25) is 5.91 Å². The molecule has 14 heteroatoms. The van der Waals surface area contributed by atoms with Gasteiger partial charge in [-0.1, -0.05) is 18.2 Å². The van der Waals surface area contributed by atoms with E-state index in [1.54, 1.807) is 45.0 Å². The zero-order valence-corrected chi connectivity index (χ0v) is 20.9. The molecule has 0 radical (unpaired) electrons. The van der Waals surface area contributed by atoms with Crippen LogP contribution < -0.4 is 4.90 Å². The van der Waals surface area contributed by atoms with Crippen LogP contribution in [0.1, 0.15) is 0 Å². The topological polar surface area (TPSA) is 182 Å². The summed E-state index contributed by atoms with van der Waals surface area (Å²) in [4.78, 5) is 66.1. The number of carboxylic acid groups (broad SMARTS) is 4. The number of anilines is 1. The average Bonchev–Trinajstić information content (AvgIpc) is 2.83. The molecular formula is C24H33N5O9. The average molecular weight is 536 g/mol. The number of nitrogens with zero attached hydrogens (tertiary/aromatic N) is 5. The smallest absolute Gasteiger partial charge is 0.323 e. The lowest BCUT2D eigenvalue weighted by molar-refractivity contribution is -0.140. The van der Waals surface area contributed by atoms with Gasteiger partial charge in [-0.15, -0.1) is 0 Å². The van der Waals surface area contributed by atoms with E-state index in [9.17, 15) is 44.4 Å². The number of carboxylic acids is 4. The Hall–Kier alpha value is -4.17. The van der Waals surface area contributed by atoms with E-state index in [4.69, 9.17) is 0 Å². The van der Waals surface area contributed by atoms with Crippen LogP contribution in [0.2, 0.25) is 0 Å². The highest BCUT2D eigenvalue weighted by molar-refractivity contribution is 5.98. The zero-order chi connectivity index (χ0) is 28.1. The summed E-state index contributed by atoms with van der Waals surface area (Å²) in [5.74, 6) is -4.94. The van der Waals surface area contributed by atoms with Crippen molar-refractivity contribution in [1.82, 2.24) is 19.6 Å². The van der Waals surface area contributed by atoms with Gasteiger partial charge in [-0.05, 0) is 12.1 Å². The second-order valence-corrected chi connectivity index (χ2v) is 8.68. The molecule has 38 heavy (non-hydrogen) atoms. The molecule has 1 aromatic carbocycles. The van der Waals surface area contributed by atoms with Gasteiger partial charge in [-0.2, -0.15) is 0 Å². The van der Waals surface area contributed by atoms with Crippen LogP contribution in [0.25, 0.3) is 0 Å². The van der Waals surface area contributed by atoms with Crippen LogP contribution in [-0.2, 0) is 24.0 Å². The Balaban J connectivity index is 2.30. The van der Waals surface area contributed by atoms with Crippen molar-refractivity contribution >= 4 is 35.5 Å². The van der Waals surface area contributed by atoms with Gasteiger partial charge in [0.1, 0.15) is 13.1 Å². The fourth-order valence-corrected chi connectivity index (χ4v) is 3.85. The first-order chi connectivity index (χ1) is 18.0. The van der Waals surface area contributed by atoms with Crippen molar-refractivity contribution in [2.24, 2.45) is 0 Å². The number of amides is 1. The fraction of sp³-hybridized carbons (Fsp3) is 0.458. The summed E-state index contributed by atoms with van der Waals surface area (Å²) in [5, 5.41) is 37.2. The molecule has 1 amide bonds. The Morgan fingerprint density at radius 2 is 1.05 bits per heavy atom. The second kappa shape index (κ2) is 15.2. The van der Waals surface area contributed by atoms with Crippen molar-refractivity contribution in [3.63, 3.8) is 0 Å². The van der Waals surface area contributed by atoms with Gasteiger partial charge in [-0.3, -0.25) is 38.7 Å². The molecule has 1 aliphatic rings. The first kappa shape index (κ1) is 30.1. The summed E-state index contributed by atoms with van der Waals surface area (Å²) < 4.78 is 0. The Morgan fingerprint density at radius 3 is 1.50 bits per heavy atom. The normalized spacial score (nSPS) is 16.6. The summed E-state index contributed by atoms with van der Waals surface area (Å²) in [5.41, 5.74) is 0.400. The van der Waals surface area contributed by atoms with Crippen LogP contribution in [0.5, 0.6) is 0 Å². The van der Waals surface area contributed by atoms with Crippen molar-refractivity contribution in [1.29, 1.82) is 0 Å². The third kappa shape index (κ3) is 11.3. The Kier molecular flexibility index (Phi) is 12.0. The Labute approximate surface area is 219 Å². The molecule has 14 nitrogen and oxygen atoms in total. The molecule has 0 unspecified atom stereocenters. The SMILES string of the molecule is O=C(O)CN1/C=C\N(CC(=O)N(CC(=O)O)c2ccccc2)CCN(CC(=O)O)CCN(CC(=O)O)CC1. The van der Waals surface area contributed by atoms with E-state index in [0.717, 1.165) is 4.90 Å². The largest absolute Gasteiger partial charge is 0.480 e. The first-order valence-corrected chi connectivity index (χ1v) is 11.9. The Morgan fingerprint density at radius 1 is 0.605 bits per heavy atom. The molecule has 0 saturated carbocycles. The Bertz CT molecular complexity index is 1000. The van der Waals surface area contributed by atoms with Gasteiger partial charge in [0.25, 0.3) is 0 Å². The summed E-state index contributed by atoms with van der Waals surface area (Å²) >= 11 is 0. The second-order valence-electron chi connectivity index (χ2n) is 8.68. The van der Waals surface area contributed by atoms with Gasteiger partial charge in [0.15, 0.2) is 0 Å². The van der Waals surface area contributed by atoms with Crippen LogP contribution in [-0.4, -0.2) is 142 Å². The maximum atomic E-state index is 13.2. The molecule has 1 heterocycles. The fourth-order valence-electron chi connectivity index (χ4n) is 3.85. The van der Waals surface area contributed by atoms with Gasteiger partial charge in [0, 0.05) is 57.4 Å². The minimum absolute atomic E-state index is 0.172. The van der Waals surface area contributed by atoms with Crippen LogP contribution >= 0.6 is 0 Å². The first-order valence-electron chi connectivity index (χ1n) is 11.9. The number of rotatable bonds is 11. The lowest BCUT2D eigenvalue weighted by Crippen LogP contribution is -2.46. The molecule has 1 aliphatic heterocycles. The van der Waals surface area contributed by atoms with Crippen LogP contribution in [0.15, 0.2) is 42.7 Å². The number of aliphatic carboxylic acids is 4. The van der Waals surface area contributed by atoms with Gasteiger partial charge in [0.05, 0.1) is 19.6 Å². The van der Waals surface area contributed by atoms with E-state index in [-0.39, 0.29) is 65.4 Å². The molecule has 0 aromatic heterocycles. The molecule has 4 N–H and O–H groups in total. The van der Waals surface area contributed by atoms with Crippen LogP contribution in [0.3, 0.4) is 0 Å². The maximum absolute atomic E-state index is 13.2. The molecule has 0 saturated heterocycles. The summed E-state index contributed by atoms with van der Waals surface area (Å²) in [7, 11) is 0. The highest BCUT2D eigenvalue weighted by atomic mass is 16.4. The van der Waals surface area contributed by atoms with Gasteiger partial charge >= 0.3 is 23.9 Å². The van der Waals surface area contributed by atoms with Gasteiger partial charge in [-0.25, -0.2) is 0 Å². The van der Waals surface area contributed by atoms with E-state index in [2.05, 4.69) is 0 Å². The van der Waals surface area contributed by atoms with Crippen LogP contribution in [0, 0.1) is 0 Å². The highest BCUT2D eigenvalue weighted by Crippen LogP contribution is 2.14. The molecule has 1 aromatic rings. The van der Waals surface area contributed by atoms with E-state index < -0.39 is 36.3 Å². The molecule has 2 rings (SSSR count). The summed E-state index contributed by atoms with van der Waals surface area (Å²) in [6.45, 7) is -0.517. The molecule has 0 fully saturated rings.